The van der Waals surface area contributed by atoms with Crippen LogP contribution in [0.15, 0.2) is 54.9 Å². The van der Waals surface area contributed by atoms with Crippen molar-refractivity contribution in [3.8, 4) is 11.1 Å². The first kappa shape index (κ1) is 12.3. The molecule has 3 rings (SSSR count). The second-order valence-electron chi connectivity index (χ2n) is 4.33. The zero-order valence-electron chi connectivity index (χ0n) is 10.0. The highest BCUT2D eigenvalue weighted by Gasteiger charge is 2.02. The summed E-state index contributed by atoms with van der Waals surface area (Å²) < 4.78 is 1.21. The van der Waals surface area contributed by atoms with Gasteiger partial charge in [-0.15, -0.1) is 0 Å². The van der Waals surface area contributed by atoms with E-state index < -0.39 is 0 Å². The largest absolute Gasteiger partial charge is 0.298 e. The van der Waals surface area contributed by atoms with Crippen molar-refractivity contribution in [3.63, 3.8) is 0 Å². The first-order valence-corrected chi connectivity index (χ1v) is 6.94. The topological polar surface area (TPSA) is 30.0 Å². The van der Waals surface area contributed by atoms with E-state index >= 15 is 0 Å². The summed E-state index contributed by atoms with van der Waals surface area (Å²) in [4.78, 5) is 14.9. The summed E-state index contributed by atoms with van der Waals surface area (Å²) >= 11 is 2.31. The van der Waals surface area contributed by atoms with Crippen LogP contribution in [0, 0.1) is 3.57 Å². The molecule has 0 aliphatic rings. The quantitative estimate of drug-likeness (QED) is 0.504. The second-order valence-corrected chi connectivity index (χ2v) is 5.58. The summed E-state index contributed by atoms with van der Waals surface area (Å²) in [6, 6.07) is 14.5. The Morgan fingerprint density at radius 2 is 1.74 bits per heavy atom. The molecule has 0 aliphatic heterocycles. The maximum atomic E-state index is 10.8. The van der Waals surface area contributed by atoms with Crippen molar-refractivity contribution in [2.75, 3.05) is 0 Å². The molecule has 0 radical (unpaired) electrons. The maximum absolute atomic E-state index is 10.8. The van der Waals surface area contributed by atoms with Gasteiger partial charge in [-0.05, 0) is 63.2 Å². The molecule has 2 aromatic carbocycles. The number of carbonyl (C=O) groups excluding carboxylic acids is 1. The molecule has 3 aromatic rings. The number of aromatic nitrogens is 1. The number of rotatable bonds is 2. The smallest absolute Gasteiger partial charge is 0.151 e. The molecule has 0 bridgehead atoms. The number of carbonyl (C=O) groups is 1. The van der Waals surface area contributed by atoms with E-state index in [1.54, 1.807) is 12.4 Å². The van der Waals surface area contributed by atoms with Gasteiger partial charge in [0.2, 0.25) is 0 Å². The maximum Gasteiger partial charge on any atom is 0.151 e. The van der Waals surface area contributed by atoms with Gasteiger partial charge in [0, 0.05) is 27.1 Å². The Balaban J connectivity index is 2.16. The highest BCUT2D eigenvalue weighted by molar-refractivity contribution is 14.1. The standard InChI is InChI=1S/C16H10INO/c17-16-4-3-12-1-2-13(6-14(12)7-16)15-5-11(10-19)8-18-9-15/h1-10H. The third kappa shape index (κ3) is 2.51. The van der Waals surface area contributed by atoms with Crippen molar-refractivity contribution in [2.45, 2.75) is 0 Å². The Kier molecular flexibility index (Phi) is 3.29. The molecule has 0 aliphatic carbocycles. The molecule has 0 unspecified atom stereocenters. The van der Waals surface area contributed by atoms with E-state index in [0.29, 0.717) is 5.56 Å². The van der Waals surface area contributed by atoms with Crippen molar-refractivity contribution in [1.29, 1.82) is 0 Å². The number of fused-ring (bicyclic) bond motifs is 1. The van der Waals surface area contributed by atoms with Gasteiger partial charge in [0.15, 0.2) is 6.29 Å². The average Bonchev–Trinajstić information content (AvgIpc) is 2.46. The average molecular weight is 359 g/mol. The SMILES string of the molecule is O=Cc1cncc(-c2ccc3ccc(I)cc3c2)c1. The van der Waals surface area contributed by atoms with Gasteiger partial charge in [-0.25, -0.2) is 0 Å². The molecule has 3 heteroatoms. The van der Waals surface area contributed by atoms with Crippen LogP contribution in [0.1, 0.15) is 10.4 Å². The fraction of sp³-hybridized carbons (Fsp3) is 0. The molecule has 0 N–H and O–H groups in total. The Morgan fingerprint density at radius 3 is 2.58 bits per heavy atom. The fourth-order valence-electron chi connectivity index (χ4n) is 2.08. The number of nitrogens with zero attached hydrogens (tertiary/aromatic N) is 1. The molecule has 0 spiro atoms. The van der Waals surface area contributed by atoms with Crippen molar-refractivity contribution in [2.24, 2.45) is 0 Å². The molecule has 1 heterocycles. The van der Waals surface area contributed by atoms with Crippen LogP contribution in [0.3, 0.4) is 0 Å². The Hall–Kier alpha value is -1.75. The lowest BCUT2D eigenvalue weighted by Crippen LogP contribution is -1.86. The summed E-state index contributed by atoms with van der Waals surface area (Å²) in [7, 11) is 0. The molecule has 92 valence electrons. The van der Waals surface area contributed by atoms with Crippen molar-refractivity contribution < 1.29 is 4.79 Å². The summed E-state index contributed by atoms with van der Waals surface area (Å²) in [6.07, 6.45) is 4.17. The number of pyridine rings is 1. The highest BCUT2D eigenvalue weighted by atomic mass is 127. The van der Waals surface area contributed by atoms with E-state index in [9.17, 15) is 4.79 Å². The predicted molar refractivity (Wildman–Crippen MR) is 85.3 cm³/mol. The third-order valence-corrected chi connectivity index (χ3v) is 3.70. The first-order chi connectivity index (χ1) is 9.26. The van der Waals surface area contributed by atoms with E-state index in [4.69, 9.17) is 0 Å². The summed E-state index contributed by atoms with van der Waals surface area (Å²) in [5.41, 5.74) is 2.64. The monoisotopic (exact) mass is 359 g/mol. The minimum absolute atomic E-state index is 0.597. The van der Waals surface area contributed by atoms with E-state index in [-0.39, 0.29) is 0 Å². The van der Waals surface area contributed by atoms with Gasteiger partial charge in [0.1, 0.15) is 0 Å². The van der Waals surface area contributed by atoms with Crippen LogP contribution < -0.4 is 0 Å². The van der Waals surface area contributed by atoms with Crippen LogP contribution in [0.5, 0.6) is 0 Å². The van der Waals surface area contributed by atoms with Crippen LogP contribution in [-0.4, -0.2) is 11.3 Å². The minimum Gasteiger partial charge on any atom is -0.298 e. The second kappa shape index (κ2) is 5.09. The molecule has 0 fully saturated rings. The minimum atomic E-state index is 0.597. The molecular formula is C16H10INO. The van der Waals surface area contributed by atoms with Gasteiger partial charge < -0.3 is 0 Å². The molecule has 0 amide bonds. The van der Waals surface area contributed by atoms with Gasteiger partial charge in [0.25, 0.3) is 0 Å². The molecule has 0 saturated carbocycles. The molecule has 2 nitrogen and oxygen atoms in total. The van der Waals surface area contributed by atoms with Gasteiger partial charge in [-0.2, -0.15) is 0 Å². The van der Waals surface area contributed by atoms with Gasteiger partial charge in [-0.1, -0.05) is 18.2 Å². The Morgan fingerprint density at radius 1 is 0.895 bits per heavy atom. The van der Waals surface area contributed by atoms with E-state index in [1.165, 1.54) is 14.3 Å². The molecule has 0 saturated heterocycles. The van der Waals surface area contributed by atoms with E-state index in [2.05, 4.69) is 64.0 Å². The zero-order chi connectivity index (χ0) is 13.2. The lowest BCUT2D eigenvalue weighted by Gasteiger charge is -2.05. The van der Waals surface area contributed by atoms with E-state index in [1.807, 2.05) is 6.07 Å². The van der Waals surface area contributed by atoms with Gasteiger partial charge >= 0.3 is 0 Å². The Bertz CT molecular complexity index is 768. The number of hydrogen-bond donors (Lipinski definition) is 0. The first-order valence-electron chi connectivity index (χ1n) is 5.86. The van der Waals surface area contributed by atoms with Crippen LogP contribution in [0.25, 0.3) is 21.9 Å². The zero-order valence-corrected chi connectivity index (χ0v) is 12.2. The van der Waals surface area contributed by atoms with Gasteiger partial charge in [-0.3, -0.25) is 9.78 Å². The molecular weight excluding hydrogens is 349 g/mol. The predicted octanol–water partition coefficient (Wildman–Crippen LogP) is 4.32. The summed E-state index contributed by atoms with van der Waals surface area (Å²) in [5, 5.41) is 2.41. The van der Waals surface area contributed by atoms with Crippen molar-refractivity contribution in [1.82, 2.24) is 4.98 Å². The lowest BCUT2D eigenvalue weighted by atomic mass is 10.0. The Labute approximate surface area is 124 Å². The number of halogens is 1. The lowest BCUT2D eigenvalue weighted by molar-refractivity contribution is 0.112. The third-order valence-electron chi connectivity index (χ3n) is 3.03. The number of aldehydes is 1. The van der Waals surface area contributed by atoms with Crippen LogP contribution in [0.2, 0.25) is 0 Å². The normalized spacial score (nSPS) is 10.6. The van der Waals surface area contributed by atoms with Crippen LogP contribution >= 0.6 is 22.6 Å². The van der Waals surface area contributed by atoms with Crippen LogP contribution in [-0.2, 0) is 0 Å². The highest BCUT2D eigenvalue weighted by Crippen LogP contribution is 2.25. The molecule has 0 atom stereocenters. The fourth-order valence-corrected chi connectivity index (χ4v) is 2.59. The van der Waals surface area contributed by atoms with Gasteiger partial charge in [0.05, 0.1) is 0 Å². The summed E-state index contributed by atoms with van der Waals surface area (Å²) in [6.45, 7) is 0. The van der Waals surface area contributed by atoms with Crippen LogP contribution in [0.4, 0.5) is 0 Å². The summed E-state index contributed by atoms with van der Waals surface area (Å²) in [5.74, 6) is 0. The molecule has 19 heavy (non-hydrogen) atoms. The number of hydrogen-bond acceptors (Lipinski definition) is 2. The van der Waals surface area contributed by atoms with Crippen molar-refractivity contribution >= 4 is 39.6 Å². The van der Waals surface area contributed by atoms with Crippen molar-refractivity contribution in [3.05, 3.63) is 64.0 Å². The molecule has 1 aromatic heterocycles. The number of benzene rings is 2. The van der Waals surface area contributed by atoms with E-state index in [0.717, 1.165) is 17.4 Å².